The fourth-order valence-corrected chi connectivity index (χ4v) is 2.91. The predicted octanol–water partition coefficient (Wildman–Crippen LogP) is 4.88. The Morgan fingerprint density at radius 1 is 1.09 bits per heavy atom. The summed E-state index contributed by atoms with van der Waals surface area (Å²) in [6.07, 6.45) is 1.97. The van der Waals surface area contributed by atoms with Crippen molar-refractivity contribution >= 4 is 27.6 Å². The molecule has 2 aromatic rings. The standard InChI is InChI=1S/C18H19BrN2O/c1-12-3-6-14(7-4-12)18(9-10-18)21-17(22)20-15-8-5-13(2)16(19)11-15/h3-8,11H,9-10H2,1-2H3,(H2,20,21,22). The Hall–Kier alpha value is -1.81. The summed E-state index contributed by atoms with van der Waals surface area (Å²) in [6.45, 7) is 4.09. The summed E-state index contributed by atoms with van der Waals surface area (Å²) in [5.41, 5.74) is 4.14. The molecule has 2 aromatic carbocycles. The number of benzene rings is 2. The lowest BCUT2D eigenvalue weighted by atomic mass is 10.0. The van der Waals surface area contributed by atoms with Crippen molar-refractivity contribution < 1.29 is 4.79 Å². The fraction of sp³-hybridized carbons (Fsp3) is 0.278. The Kier molecular flexibility index (Phi) is 3.96. The number of anilines is 1. The first-order chi connectivity index (χ1) is 10.5. The third-order valence-corrected chi connectivity index (χ3v) is 4.99. The molecule has 4 heteroatoms. The number of amides is 2. The minimum Gasteiger partial charge on any atom is -0.328 e. The zero-order valence-electron chi connectivity index (χ0n) is 12.7. The normalized spacial score (nSPS) is 15.2. The van der Waals surface area contributed by atoms with E-state index in [1.807, 2.05) is 25.1 Å². The van der Waals surface area contributed by atoms with Gasteiger partial charge in [-0.2, -0.15) is 0 Å². The zero-order valence-corrected chi connectivity index (χ0v) is 14.3. The van der Waals surface area contributed by atoms with Crippen LogP contribution < -0.4 is 10.6 Å². The number of carbonyl (C=O) groups is 1. The largest absolute Gasteiger partial charge is 0.328 e. The first-order valence-corrected chi connectivity index (χ1v) is 8.20. The van der Waals surface area contributed by atoms with Gasteiger partial charge in [-0.25, -0.2) is 4.79 Å². The average Bonchev–Trinajstić information content (AvgIpc) is 3.24. The Bertz CT molecular complexity index is 706. The molecule has 1 aliphatic carbocycles. The molecule has 0 bridgehead atoms. The molecule has 0 saturated heterocycles. The van der Waals surface area contributed by atoms with E-state index in [-0.39, 0.29) is 11.6 Å². The van der Waals surface area contributed by atoms with Gasteiger partial charge in [-0.1, -0.05) is 51.8 Å². The quantitative estimate of drug-likeness (QED) is 0.806. The molecular formula is C18H19BrN2O. The van der Waals surface area contributed by atoms with E-state index in [1.165, 1.54) is 11.1 Å². The van der Waals surface area contributed by atoms with Crippen molar-refractivity contribution in [3.05, 3.63) is 63.6 Å². The molecule has 0 heterocycles. The van der Waals surface area contributed by atoms with Gasteiger partial charge >= 0.3 is 6.03 Å². The highest BCUT2D eigenvalue weighted by molar-refractivity contribution is 9.10. The topological polar surface area (TPSA) is 41.1 Å². The third kappa shape index (κ3) is 3.17. The number of hydrogen-bond donors (Lipinski definition) is 2. The Balaban J connectivity index is 1.68. The molecule has 1 fully saturated rings. The van der Waals surface area contributed by atoms with E-state index in [1.54, 1.807) is 0 Å². The van der Waals surface area contributed by atoms with Crippen molar-refractivity contribution in [2.45, 2.75) is 32.2 Å². The molecule has 3 nitrogen and oxygen atoms in total. The van der Waals surface area contributed by atoms with Gasteiger partial charge < -0.3 is 10.6 Å². The van der Waals surface area contributed by atoms with Crippen molar-refractivity contribution in [2.75, 3.05) is 5.32 Å². The van der Waals surface area contributed by atoms with Crippen molar-refractivity contribution in [1.29, 1.82) is 0 Å². The van der Waals surface area contributed by atoms with Crippen LogP contribution in [0.1, 0.15) is 29.5 Å². The second kappa shape index (κ2) is 5.76. The minimum absolute atomic E-state index is 0.158. The summed E-state index contributed by atoms with van der Waals surface area (Å²) in [5, 5.41) is 6.03. The van der Waals surface area contributed by atoms with Crippen LogP contribution in [0, 0.1) is 13.8 Å². The molecule has 3 rings (SSSR count). The molecule has 0 spiro atoms. The maximum atomic E-state index is 12.3. The van der Waals surface area contributed by atoms with Gasteiger partial charge in [0.15, 0.2) is 0 Å². The molecule has 22 heavy (non-hydrogen) atoms. The lowest BCUT2D eigenvalue weighted by Gasteiger charge is -2.19. The van der Waals surface area contributed by atoms with E-state index >= 15 is 0 Å². The van der Waals surface area contributed by atoms with Crippen molar-refractivity contribution in [3.8, 4) is 0 Å². The van der Waals surface area contributed by atoms with Gasteiger partial charge in [0, 0.05) is 10.2 Å². The van der Waals surface area contributed by atoms with Gasteiger partial charge in [0.1, 0.15) is 0 Å². The molecule has 0 aromatic heterocycles. The lowest BCUT2D eigenvalue weighted by molar-refractivity contribution is 0.247. The summed E-state index contributed by atoms with van der Waals surface area (Å²) in [4.78, 5) is 12.3. The average molecular weight is 359 g/mol. The first-order valence-electron chi connectivity index (χ1n) is 7.41. The van der Waals surface area contributed by atoms with Crippen LogP contribution in [0.15, 0.2) is 46.9 Å². The monoisotopic (exact) mass is 358 g/mol. The smallest absolute Gasteiger partial charge is 0.319 e. The van der Waals surface area contributed by atoms with E-state index in [0.29, 0.717) is 0 Å². The van der Waals surface area contributed by atoms with E-state index in [2.05, 4.69) is 57.8 Å². The first kappa shape index (κ1) is 15.1. The Labute approximate surface area is 139 Å². The molecule has 0 atom stereocenters. The fourth-order valence-electron chi connectivity index (χ4n) is 2.53. The van der Waals surface area contributed by atoms with Crippen LogP contribution in [0.4, 0.5) is 10.5 Å². The van der Waals surface area contributed by atoms with Gasteiger partial charge in [0.05, 0.1) is 5.54 Å². The van der Waals surface area contributed by atoms with Crippen LogP contribution in [0.25, 0.3) is 0 Å². The SMILES string of the molecule is Cc1ccc(C2(NC(=O)Nc3ccc(C)c(Br)c3)CC2)cc1. The highest BCUT2D eigenvalue weighted by atomic mass is 79.9. The van der Waals surface area contributed by atoms with Crippen molar-refractivity contribution in [2.24, 2.45) is 0 Å². The number of hydrogen-bond acceptors (Lipinski definition) is 1. The molecule has 0 aliphatic heterocycles. The van der Waals surface area contributed by atoms with Crippen LogP contribution in [0.3, 0.4) is 0 Å². The van der Waals surface area contributed by atoms with Crippen LogP contribution in [0.5, 0.6) is 0 Å². The van der Waals surface area contributed by atoms with Crippen LogP contribution in [-0.4, -0.2) is 6.03 Å². The molecule has 2 amide bonds. The molecule has 114 valence electrons. The lowest BCUT2D eigenvalue weighted by Crippen LogP contribution is -2.38. The number of rotatable bonds is 3. The number of halogens is 1. The van der Waals surface area contributed by atoms with Crippen molar-refractivity contribution in [1.82, 2.24) is 5.32 Å². The summed E-state index contributed by atoms with van der Waals surface area (Å²) in [6, 6.07) is 14.0. The molecule has 0 unspecified atom stereocenters. The van der Waals surface area contributed by atoms with Gasteiger partial charge in [0.2, 0.25) is 0 Å². The van der Waals surface area contributed by atoms with E-state index < -0.39 is 0 Å². The molecule has 1 aliphatic rings. The number of carbonyl (C=O) groups excluding carboxylic acids is 1. The number of aryl methyl sites for hydroxylation is 2. The molecular weight excluding hydrogens is 340 g/mol. The predicted molar refractivity (Wildman–Crippen MR) is 93.1 cm³/mol. The Morgan fingerprint density at radius 2 is 1.77 bits per heavy atom. The van der Waals surface area contributed by atoms with Gasteiger partial charge in [0.25, 0.3) is 0 Å². The summed E-state index contributed by atoms with van der Waals surface area (Å²) < 4.78 is 0.991. The maximum Gasteiger partial charge on any atom is 0.319 e. The second-order valence-electron chi connectivity index (χ2n) is 5.99. The highest BCUT2D eigenvalue weighted by Gasteiger charge is 2.45. The van der Waals surface area contributed by atoms with E-state index in [9.17, 15) is 4.79 Å². The highest BCUT2D eigenvalue weighted by Crippen LogP contribution is 2.45. The molecule has 2 N–H and O–H groups in total. The van der Waals surface area contributed by atoms with Gasteiger partial charge in [-0.05, 0) is 49.9 Å². The number of nitrogens with one attached hydrogen (secondary N) is 2. The summed E-state index contributed by atoms with van der Waals surface area (Å²) in [7, 11) is 0. The third-order valence-electron chi connectivity index (χ3n) is 4.14. The van der Waals surface area contributed by atoms with Gasteiger partial charge in [-0.3, -0.25) is 0 Å². The Morgan fingerprint density at radius 3 is 2.36 bits per heavy atom. The second-order valence-corrected chi connectivity index (χ2v) is 6.85. The van der Waals surface area contributed by atoms with Crippen LogP contribution in [0.2, 0.25) is 0 Å². The maximum absolute atomic E-state index is 12.3. The summed E-state index contributed by atoms with van der Waals surface area (Å²) >= 11 is 3.48. The van der Waals surface area contributed by atoms with E-state index in [4.69, 9.17) is 0 Å². The number of urea groups is 1. The van der Waals surface area contributed by atoms with Crippen molar-refractivity contribution in [3.63, 3.8) is 0 Å². The molecule has 1 saturated carbocycles. The van der Waals surface area contributed by atoms with E-state index in [0.717, 1.165) is 28.6 Å². The zero-order chi connectivity index (χ0) is 15.7. The van der Waals surface area contributed by atoms with Gasteiger partial charge in [-0.15, -0.1) is 0 Å². The molecule has 0 radical (unpaired) electrons. The minimum atomic E-state index is -0.195. The van der Waals surface area contributed by atoms with Crippen LogP contribution in [-0.2, 0) is 5.54 Å². The summed E-state index contributed by atoms with van der Waals surface area (Å²) in [5.74, 6) is 0. The van der Waals surface area contributed by atoms with Crippen LogP contribution >= 0.6 is 15.9 Å².